The molecule has 1 aromatic carbocycles. The van der Waals surface area contributed by atoms with Crippen LogP contribution in [0.4, 0.5) is 0 Å². The second-order valence-electron chi connectivity index (χ2n) is 9.15. The van der Waals surface area contributed by atoms with Crippen molar-refractivity contribution in [2.45, 2.75) is 52.0 Å². The lowest BCUT2D eigenvalue weighted by Gasteiger charge is -2.31. The van der Waals surface area contributed by atoms with E-state index in [-0.39, 0.29) is 47.8 Å². The Hall–Kier alpha value is -2.61. The lowest BCUT2D eigenvalue weighted by atomic mass is 9.85. The number of nitrogens with zero attached hydrogens (tertiary/aromatic N) is 1. The van der Waals surface area contributed by atoms with Gasteiger partial charge in [-0.2, -0.15) is 0 Å². The Morgan fingerprint density at radius 1 is 1.16 bits per heavy atom. The molecule has 0 aliphatic heterocycles. The van der Waals surface area contributed by atoms with E-state index in [1.54, 1.807) is 18.2 Å². The van der Waals surface area contributed by atoms with Crippen molar-refractivity contribution in [3.8, 4) is 5.75 Å². The number of carbonyl (C=O) groups is 3. The molecule has 2 rings (SSSR count). The van der Waals surface area contributed by atoms with E-state index >= 15 is 0 Å². The van der Waals surface area contributed by atoms with Gasteiger partial charge in [0.1, 0.15) is 5.75 Å². The van der Waals surface area contributed by atoms with Crippen molar-refractivity contribution < 1.29 is 24.6 Å². The second kappa shape index (κ2) is 12.9. The molecule has 1 aliphatic carbocycles. The summed E-state index contributed by atoms with van der Waals surface area (Å²) in [4.78, 5) is 35.2. The second-order valence-corrected chi connectivity index (χ2v) is 9.15. The minimum Gasteiger partial charge on any atom is -0.508 e. The number of rotatable bonds is 8. The molecule has 0 aromatic heterocycles. The highest BCUT2D eigenvalue weighted by molar-refractivity contribution is 5.80. The number of benzene rings is 1. The number of carbonyl (C=O) groups excluding carboxylic acids is 2. The van der Waals surface area contributed by atoms with Gasteiger partial charge in [-0.15, -0.1) is 0 Å². The van der Waals surface area contributed by atoms with Gasteiger partial charge in [0.05, 0.1) is 6.42 Å². The summed E-state index contributed by atoms with van der Waals surface area (Å²) in [6.07, 6.45) is 3.38. The zero-order valence-electron chi connectivity index (χ0n) is 19.1. The Bertz CT molecular complexity index is 713. The van der Waals surface area contributed by atoms with Gasteiger partial charge in [-0.3, -0.25) is 14.4 Å². The molecule has 1 saturated carbocycles. The van der Waals surface area contributed by atoms with Crippen LogP contribution in [0.2, 0.25) is 0 Å². The van der Waals surface area contributed by atoms with Gasteiger partial charge in [-0.1, -0.05) is 32.0 Å². The first-order valence-corrected chi connectivity index (χ1v) is 10.6. The van der Waals surface area contributed by atoms with E-state index in [0.717, 1.165) is 32.2 Å². The topological polar surface area (TPSA) is 119 Å². The summed E-state index contributed by atoms with van der Waals surface area (Å²) in [5, 5.41) is 22.8. The van der Waals surface area contributed by atoms with Gasteiger partial charge in [-0.05, 0) is 51.3 Å². The van der Waals surface area contributed by atoms with Crippen LogP contribution in [0, 0.1) is 11.3 Å². The first kappa shape index (κ1) is 26.4. The average Bonchev–Trinajstić information content (AvgIpc) is 2.68. The van der Waals surface area contributed by atoms with Crippen LogP contribution < -0.4 is 10.6 Å². The number of amides is 2. The molecule has 1 aromatic rings. The fourth-order valence-corrected chi connectivity index (χ4v) is 3.99. The Morgan fingerprint density at radius 2 is 1.74 bits per heavy atom. The maximum atomic E-state index is 12.5. The van der Waals surface area contributed by atoms with Crippen LogP contribution in [-0.2, 0) is 20.8 Å². The number of para-hydroxylation sites is 1. The SMILES string of the molecule is CN(C)CC(C)(C)CNC(=O)C1CCC(NC(=O)Cc2ccccc2O)CC1.O=CO. The van der Waals surface area contributed by atoms with Gasteiger partial charge in [0.25, 0.3) is 6.47 Å². The van der Waals surface area contributed by atoms with Gasteiger partial charge >= 0.3 is 0 Å². The summed E-state index contributed by atoms with van der Waals surface area (Å²) in [5.74, 6) is 0.224. The van der Waals surface area contributed by atoms with Crippen LogP contribution in [0.25, 0.3) is 0 Å². The van der Waals surface area contributed by atoms with Crippen LogP contribution in [-0.4, -0.2) is 66.6 Å². The fourth-order valence-electron chi connectivity index (χ4n) is 3.99. The number of hydrogen-bond acceptors (Lipinski definition) is 5. The summed E-state index contributed by atoms with van der Waals surface area (Å²) in [6, 6.07) is 7.00. The standard InChI is InChI=1S/C22H35N3O3.CH2O2/c1-22(2,15-25(3)4)14-23-21(28)16-9-11-18(12-10-16)24-20(27)13-17-7-5-6-8-19(17)26;2-1-3/h5-8,16,18,26H,9-15H2,1-4H3,(H,23,28)(H,24,27);1H,(H,2,3). The van der Waals surface area contributed by atoms with Gasteiger partial charge in [0.2, 0.25) is 11.8 Å². The third-order valence-electron chi connectivity index (χ3n) is 5.29. The molecule has 31 heavy (non-hydrogen) atoms. The molecule has 0 saturated heterocycles. The zero-order chi connectivity index (χ0) is 23.4. The minimum atomic E-state index is -0.250. The number of nitrogens with one attached hydrogen (secondary N) is 2. The van der Waals surface area contributed by atoms with E-state index < -0.39 is 0 Å². The Balaban J connectivity index is 0.00000151. The molecule has 0 radical (unpaired) electrons. The molecule has 0 heterocycles. The Morgan fingerprint density at radius 3 is 2.29 bits per heavy atom. The molecule has 8 nitrogen and oxygen atoms in total. The van der Waals surface area contributed by atoms with E-state index in [4.69, 9.17) is 9.90 Å². The van der Waals surface area contributed by atoms with Crippen LogP contribution in [0.3, 0.4) is 0 Å². The summed E-state index contributed by atoms with van der Waals surface area (Å²) in [5.41, 5.74) is 0.668. The van der Waals surface area contributed by atoms with E-state index in [1.165, 1.54) is 0 Å². The molecule has 174 valence electrons. The molecule has 8 heteroatoms. The zero-order valence-corrected chi connectivity index (χ0v) is 19.1. The van der Waals surface area contributed by atoms with Gasteiger partial charge < -0.3 is 25.7 Å². The molecule has 4 N–H and O–H groups in total. The highest BCUT2D eigenvalue weighted by atomic mass is 16.3. The molecule has 1 aliphatic rings. The maximum Gasteiger partial charge on any atom is 0.290 e. The van der Waals surface area contributed by atoms with Gasteiger partial charge in [0, 0.05) is 30.6 Å². The minimum absolute atomic E-state index is 0.0291. The maximum absolute atomic E-state index is 12.5. The number of hydrogen-bond donors (Lipinski definition) is 4. The van der Waals surface area contributed by atoms with Gasteiger partial charge in [0.15, 0.2) is 0 Å². The predicted octanol–water partition coefficient (Wildman–Crippen LogP) is 2.01. The Labute approximate surface area is 185 Å². The molecule has 0 atom stereocenters. The quantitative estimate of drug-likeness (QED) is 0.464. The van der Waals surface area contributed by atoms with E-state index in [1.807, 2.05) is 20.2 Å². The lowest BCUT2D eigenvalue weighted by molar-refractivity contribution is -0.126. The third-order valence-corrected chi connectivity index (χ3v) is 5.29. The molecule has 2 amide bonds. The Kier molecular flexibility index (Phi) is 11.0. The van der Waals surface area contributed by atoms with Gasteiger partial charge in [-0.25, -0.2) is 0 Å². The smallest absolute Gasteiger partial charge is 0.290 e. The molecule has 1 fully saturated rings. The molecule has 0 unspecified atom stereocenters. The lowest BCUT2D eigenvalue weighted by Crippen LogP contribution is -2.44. The van der Waals surface area contributed by atoms with Crippen molar-refractivity contribution in [3.05, 3.63) is 29.8 Å². The van der Waals surface area contributed by atoms with Crippen molar-refractivity contribution in [2.24, 2.45) is 11.3 Å². The highest BCUT2D eigenvalue weighted by Crippen LogP contribution is 2.25. The van der Waals surface area contributed by atoms with Crippen molar-refractivity contribution in [2.75, 3.05) is 27.2 Å². The normalized spacial score (nSPS) is 18.5. The predicted molar refractivity (Wildman–Crippen MR) is 120 cm³/mol. The third kappa shape index (κ3) is 10.3. The summed E-state index contributed by atoms with van der Waals surface area (Å²) >= 11 is 0. The number of aromatic hydroxyl groups is 1. The summed E-state index contributed by atoms with van der Waals surface area (Å²) in [7, 11) is 4.08. The monoisotopic (exact) mass is 435 g/mol. The largest absolute Gasteiger partial charge is 0.508 e. The van der Waals surface area contributed by atoms with Crippen molar-refractivity contribution in [1.29, 1.82) is 0 Å². The first-order chi connectivity index (χ1) is 14.6. The van der Waals surface area contributed by atoms with Crippen molar-refractivity contribution in [1.82, 2.24) is 15.5 Å². The first-order valence-electron chi connectivity index (χ1n) is 10.6. The van der Waals surface area contributed by atoms with Crippen molar-refractivity contribution in [3.63, 3.8) is 0 Å². The number of phenols is 1. The van der Waals surface area contributed by atoms with Crippen LogP contribution >= 0.6 is 0 Å². The van der Waals surface area contributed by atoms with E-state index in [9.17, 15) is 14.7 Å². The fraction of sp³-hybridized carbons (Fsp3) is 0.609. The van der Waals surface area contributed by atoms with E-state index in [0.29, 0.717) is 12.1 Å². The highest BCUT2D eigenvalue weighted by Gasteiger charge is 2.28. The molecule has 0 bridgehead atoms. The molecular formula is C23H37N3O5. The number of carboxylic acid groups (broad SMARTS) is 1. The van der Waals surface area contributed by atoms with Crippen LogP contribution in [0.15, 0.2) is 24.3 Å². The van der Waals surface area contributed by atoms with Crippen molar-refractivity contribution >= 4 is 18.3 Å². The summed E-state index contributed by atoms with van der Waals surface area (Å²) < 4.78 is 0. The van der Waals surface area contributed by atoms with Crippen LogP contribution in [0.5, 0.6) is 5.75 Å². The number of phenolic OH excluding ortho intramolecular Hbond substituents is 1. The molecular weight excluding hydrogens is 398 g/mol. The van der Waals surface area contributed by atoms with E-state index in [2.05, 4.69) is 29.4 Å². The van der Waals surface area contributed by atoms with Crippen LogP contribution in [0.1, 0.15) is 45.1 Å². The average molecular weight is 436 g/mol. The molecule has 0 spiro atoms. The summed E-state index contributed by atoms with van der Waals surface area (Å²) in [6.45, 7) is 5.65.